The summed E-state index contributed by atoms with van der Waals surface area (Å²) in [5, 5.41) is 6.56. The quantitative estimate of drug-likeness (QED) is 0.729. The molecule has 4 N–H and O–H groups in total. The van der Waals surface area contributed by atoms with E-state index in [9.17, 15) is 18.0 Å². The highest BCUT2D eigenvalue weighted by molar-refractivity contribution is 6.31. The van der Waals surface area contributed by atoms with Gasteiger partial charge in [0.05, 0.1) is 17.3 Å². The summed E-state index contributed by atoms with van der Waals surface area (Å²) in [5.41, 5.74) is 3.46. The average molecular weight is 243 g/mol. The molecule has 15 heavy (non-hydrogen) atoms. The van der Waals surface area contributed by atoms with Crippen molar-refractivity contribution in [2.75, 3.05) is 0 Å². The summed E-state index contributed by atoms with van der Waals surface area (Å²) in [4.78, 5) is 10.3. The number of rotatable bonds is 2. The van der Waals surface area contributed by atoms with Crippen molar-refractivity contribution < 1.29 is 18.0 Å². The van der Waals surface area contributed by atoms with E-state index < -0.39 is 22.9 Å². The van der Waals surface area contributed by atoms with Crippen LogP contribution in [0, 0.1) is 0 Å². The second kappa shape index (κ2) is 3.97. The molecule has 0 spiro atoms. The predicted octanol–water partition coefficient (Wildman–Crippen LogP) is 1.25. The molecule has 2 amide bonds. The molecule has 0 fully saturated rings. The SMILES string of the molecule is NC(=O)NCc1[nH]nc(C(F)(F)F)c1Cl. The minimum absolute atomic E-state index is 0.0530. The first-order valence-corrected chi connectivity index (χ1v) is 4.03. The van der Waals surface area contributed by atoms with E-state index >= 15 is 0 Å². The highest BCUT2D eigenvalue weighted by atomic mass is 35.5. The second-order valence-electron chi connectivity index (χ2n) is 2.58. The van der Waals surface area contributed by atoms with Crippen LogP contribution in [-0.4, -0.2) is 16.2 Å². The molecule has 5 nitrogen and oxygen atoms in total. The Labute approximate surface area is 86.8 Å². The van der Waals surface area contributed by atoms with Crippen molar-refractivity contribution >= 4 is 17.6 Å². The largest absolute Gasteiger partial charge is 0.436 e. The molecule has 0 unspecified atom stereocenters. The summed E-state index contributed by atoms with van der Waals surface area (Å²) < 4.78 is 36.5. The molecule has 0 aliphatic carbocycles. The maximum atomic E-state index is 12.2. The third-order valence-corrected chi connectivity index (χ3v) is 1.89. The number of aromatic nitrogens is 2. The van der Waals surface area contributed by atoms with Crippen LogP contribution in [0.3, 0.4) is 0 Å². The molecule has 0 aromatic carbocycles. The highest BCUT2D eigenvalue weighted by Gasteiger charge is 2.37. The van der Waals surface area contributed by atoms with Gasteiger partial charge in [0, 0.05) is 0 Å². The van der Waals surface area contributed by atoms with Crippen LogP contribution >= 0.6 is 11.6 Å². The third kappa shape index (κ3) is 2.75. The lowest BCUT2D eigenvalue weighted by atomic mass is 10.3. The first-order chi connectivity index (χ1) is 6.82. The van der Waals surface area contributed by atoms with Gasteiger partial charge in [0.1, 0.15) is 0 Å². The molecule has 0 saturated heterocycles. The van der Waals surface area contributed by atoms with E-state index in [-0.39, 0.29) is 12.2 Å². The van der Waals surface area contributed by atoms with Crippen molar-refractivity contribution in [3.63, 3.8) is 0 Å². The average Bonchev–Trinajstić information content (AvgIpc) is 2.42. The minimum atomic E-state index is -4.63. The van der Waals surface area contributed by atoms with Crippen LogP contribution in [0.1, 0.15) is 11.4 Å². The Morgan fingerprint density at radius 3 is 2.60 bits per heavy atom. The molecule has 1 rings (SSSR count). The summed E-state index contributed by atoms with van der Waals surface area (Å²) in [5.74, 6) is 0. The van der Waals surface area contributed by atoms with Gasteiger partial charge in [-0.25, -0.2) is 4.79 Å². The fraction of sp³-hybridized carbons (Fsp3) is 0.333. The second-order valence-corrected chi connectivity index (χ2v) is 2.96. The van der Waals surface area contributed by atoms with Crippen LogP contribution < -0.4 is 11.1 Å². The minimum Gasteiger partial charge on any atom is -0.352 e. The number of aromatic amines is 1. The number of carbonyl (C=O) groups excluding carboxylic acids is 1. The summed E-state index contributed by atoms with van der Waals surface area (Å²) >= 11 is 5.39. The molecule has 1 heterocycles. The molecule has 0 bridgehead atoms. The number of carbonyl (C=O) groups is 1. The first-order valence-electron chi connectivity index (χ1n) is 3.65. The maximum Gasteiger partial charge on any atom is 0.436 e. The Hall–Kier alpha value is -1.44. The van der Waals surface area contributed by atoms with Crippen molar-refractivity contribution in [2.24, 2.45) is 5.73 Å². The summed E-state index contributed by atoms with van der Waals surface area (Å²) in [7, 11) is 0. The number of hydrogen-bond acceptors (Lipinski definition) is 2. The number of primary amides is 1. The Balaban J connectivity index is 2.85. The number of nitrogens with two attached hydrogens (primary N) is 1. The van der Waals surface area contributed by atoms with Gasteiger partial charge in [-0.1, -0.05) is 11.6 Å². The Morgan fingerprint density at radius 1 is 1.60 bits per heavy atom. The van der Waals surface area contributed by atoms with Gasteiger partial charge < -0.3 is 11.1 Å². The maximum absolute atomic E-state index is 12.2. The van der Waals surface area contributed by atoms with Gasteiger partial charge in [-0.05, 0) is 0 Å². The number of halogens is 4. The zero-order chi connectivity index (χ0) is 11.6. The molecule has 84 valence electrons. The molecule has 0 atom stereocenters. The van der Waals surface area contributed by atoms with Gasteiger partial charge in [0.25, 0.3) is 0 Å². The fourth-order valence-corrected chi connectivity index (χ4v) is 1.10. The van der Waals surface area contributed by atoms with Crippen LogP contribution in [0.4, 0.5) is 18.0 Å². The third-order valence-electron chi connectivity index (χ3n) is 1.48. The number of alkyl halides is 3. The van der Waals surface area contributed by atoms with E-state index in [1.54, 1.807) is 0 Å². The molecule has 9 heteroatoms. The number of hydrogen-bond donors (Lipinski definition) is 3. The van der Waals surface area contributed by atoms with Crippen LogP contribution in [0.5, 0.6) is 0 Å². The van der Waals surface area contributed by atoms with Gasteiger partial charge in [0.2, 0.25) is 0 Å². The van der Waals surface area contributed by atoms with Crippen molar-refractivity contribution in [3.8, 4) is 0 Å². The van der Waals surface area contributed by atoms with Crippen molar-refractivity contribution in [1.29, 1.82) is 0 Å². The van der Waals surface area contributed by atoms with Crippen molar-refractivity contribution in [3.05, 3.63) is 16.4 Å². The van der Waals surface area contributed by atoms with Gasteiger partial charge >= 0.3 is 12.2 Å². The zero-order valence-corrected chi connectivity index (χ0v) is 7.91. The van der Waals surface area contributed by atoms with E-state index in [0.717, 1.165) is 0 Å². The number of amides is 2. The molecule has 0 aliphatic heterocycles. The zero-order valence-electron chi connectivity index (χ0n) is 7.15. The van der Waals surface area contributed by atoms with Crippen molar-refractivity contribution in [1.82, 2.24) is 15.5 Å². The Bertz CT molecular complexity index is 375. The van der Waals surface area contributed by atoms with Crippen LogP contribution in [-0.2, 0) is 12.7 Å². The summed E-state index contributed by atoms with van der Waals surface area (Å²) in [6, 6.07) is -0.866. The van der Waals surface area contributed by atoms with Crippen LogP contribution in [0.15, 0.2) is 0 Å². The number of nitrogens with zero attached hydrogens (tertiary/aromatic N) is 1. The number of urea groups is 1. The lowest BCUT2D eigenvalue weighted by Gasteiger charge is -2.02. The molecule has 0 saturated carbocycles. The summed E-state index contributed by atoms with van der Waals surface area (Å²) in [6.07, 6.45) is -4.63. The molecular weight excluding hydrogens is 237 g/mol. The van der Waals surface area contributed by atoms with E-state index in [1.807, 2.05) is 0 Å². The van der Waals surface area contributed by atoms with Gasteiger partial charge in [-0.3, -0.25) is 5.10 Å². The standard InChI is InChI=1S/C6H6ClF3N4O/c7-3-2(1-12-5(11)15)13-14-4(3)6(8,9)10/h1H2,(H,13,14)(H3,11,12,15). The number of nitrogens with one attached hydrogen (secondary N) is 2. The van der Waals surface area contributed by atoms with E-state index in [0.29, 0.717) is 0 Å². The Morgan fingerprint density at radius 2 is 2.20 bits per heavy atom. The summed E-state index contributed by atoms with van der Waals surface area (Å²) in [6.45, 7) is -0.239. The highest BCUT2D eigenvalue weighted by Crippen LogP contribution is 2.34. The van der Waals surface area contributed by atoms with Crippen molar-refractivity contribution in [2.45, 2.75) is 12.7 Å². The first kappa shape index (κ1) is 11.6. The molecule has 1 aromatic heterocycles. The normalized spacial score (nSPS) is 11.5. The van der Waals surface area contributed by atoms with Gasteiger partial charge in [0.15, 0.2) is 5.69 Å². The van der Waals surface area contributed by atoms with E-state index in [1.165, 1.54) is 0 Å². The van der Waals surface area contributed by atoms with E-state index in [4.69, 9.17) is 17.3 Å². The molecule has 0 radical (unpaired) electrons. The van der Waals surface area contributed by atoms with Crippen LogP contribution in [0.2, 0.25) is 5.02 Å². The smallest absolute Gasteiger partial charge is 0.352 e. The molecule has 1 aromatic rings. The number of H-pyrrole nitrogens is 1. The fourth-order valence-electron chi connectivity index (χ4n) is 0.845. The van der Waals surface area contributed by atoms with Gasteiger partial charge in [-0.15, -0.1) is 0 Å². The molecule has 0 aliphatic rings. The van der Waals surface area contributed by atoms with Gasteiger partial charge in [-0.2, -0.15) is 18.3 Å². The predicted molar refractivity (Wildman–Crippen MR) is 45.0 cm³/mol. The van der Waals surface area contributed by atoms with E-state index in [2.05, 4.69) is 15.5 Å². The van der Waals surface area contributed by atoms with Crippen LogP contribution in [0.25, 0.3) is 0 Å². The molecular formula is C6H6ClF3N4O. The lowest BCUT2D eigenvalue weighted by molar-refractivity contribution is -0.141. The monoisotopic (exact) mass is 242 g/mol. The topological polar surface area (TPSA) is 83.8 Å². The Kier molecular flexibility index (Phi) is 3.08. The lowest BCUT2D eigenvalue weighted by Crippen LogP contribution is -2.28.